The van der Waals surface area contributed by atoms with Gasteiger partial charge < -0.3 is 0 Å². The fourth-order valence-corrected chi connectivity index (χ4v) is 3.27. The highest BCUT2D eigenvalue weighted by Crippen LogP contribution is 2.18. The van der Waals surface area contributed by atoms with E-state index in [0.717, 1.165) is 16.4 Å². The van der Waals surface area contributed by atoms with E-state index in [0.29, 0.717) is 5.56 Å². The smallest absolute Gasteiger partial charge is 0.0799 e. The lowest BCUT2D eigenvalue weighted by molar-refractivity contribution is 1.30. The Hall–Kier alpha value is -1.41. The van der Waals surface area contributed by atoms with Crippen LogP contribution in [0.1, 0.15) is 15.2 Å². The van der Waals surface area contributed by atoms with Crippen LogP contribution in [0, 0.1) is 13.8 Å². The Morgan fingerprint density at radius 3 is 2.33 bits per heavy atom. The van der Waals surface area contributed by atoms with Crippen molar-refractivity contribution in [2.24, 2.45) is 0 Å². The molecule has 0 fully saturated rings. The fourth-order valence-electron chi connectivity index (χ4n) is 1.94. The average Bonchev–Trinajstić information content (AvgIpc) is 2.37. The summed E-state index contributed by atoms with van der Waals surface area (Å²) < 4.78 is 23.4. The standard InChI is InChI=1S/C16H21NSi/c1-12-6-8-14(9-7-12)15-10-13(2)16(11-17-15)18(3,4)5/h6-11H,1-5H3/i2D3. The van der Waals surface area contributed by atoms with Crippen molar-refractivity contribution in [1.29, 1.82) is 0 Å². The van der Waals surface area contributed by atoms with Crippen LogP contribution in [-0.2, 0) is 0 Å². The van der Waals surface area contributed by atoms with E-state index in [9.17, 15) is 0 Å². The van der Waals surface area contributed by atoms with Gasteiger partial charge in [-0.15, -0.1) is 0 Å². The zero-order chi connectivity index (χ0) is 15.8. The van der Waals surface area contributed by atoms with Crippen molar-refractivity contribution in [2.75, 3.05) is 0 Å². The third-order valence-electron chi connectivity index (χ3n) is 3.06. The second kappa shape index (κ2) is 4.69. The first-order chi connectivity index (χ1) is 9.59. The van der Waals surface area contributed by atoms with Gasteiger partial charge in [0, 0.05) is 15.9 Å². The Bertz CT molecular complexity index is 640. The van der Waals surface area contributed by atoms with E-state index in [-0.39, 0.29) is 0 Å². The van der Waals surface area contributed by atoms with Gasteiger partial charge in [0.25, 0.3) is 0 Å². The number of benzene rings is 1. The normalized spacial score (nSPS) is 14.8. The van der Waals surface area contributed by atoms with Crippen molar-refractivity contribution in [3.63, 3.8) is 0 Å². The third kappa shape index (κ3) is 2.70. The van der Waals surface area contributed by atoms with Crippen LogP contribution in [0.2, 0.25) is 19.6 Å². The summed E-state index contributed by atoms with van der Waals surface area (Å²) in [6, 6.07) is 9.73. The van der Waals surface area contributed by atoms with E-state index in [1.165, 1.54) is 5.56 Å². The van der Waals surface area contributed by atoms with Crippen LogP contribution in [0.15, 0.2) is 36.5 Å². The van der Waals surface area contributed by atoms with Crippen LogP contribution in [-0.4, -0.2) is 13.1 Å². The summed E-state index contributed by atoms with van der Waals surface area (Å²) in [7, 11) is -1.74. The number of rotatable bonds is 2. The zero-order valence-corrected chi connectivity index (χ0v) is 12.4. The minimum absolute atomic E-state index is 0.451. The Kier molecular flexibility index (Phi) is 2.48. The number of hydrogen-bond donors (Lipinski definition) is 0. The van der Waals surface area contributed by atoms with Crippen molar-refractivity contribution in [2.45, 2.75) is 33.4 Å². The average molecular weight is 258 g/mol. The number of hydrogen-bond acceptors (Lipinski definition) is 1. The lowest BCUT2D eigenvalue weighted by Gasteiger charge is -2.19. The summed E-state index contributed by atoms with van der Waals surface area (Å²) in [5, 5.41) is 0.915. The van der Waals surface area contributed by atoms with Gasteiger partial charge in [0.2, 0.25) is 0 Å². The molecule has 0 radical (unpaired) electrons. The lowest BCUT2D eigenvalue weighted by Crippen LogP contribution is -2.39. The van der Waals surface area contributed by atoms with Crippen LogP contribution >= 0.6 is 0 Å². The molecule has 0 unspecified atom stereocenters. The molecule has 0 aliphatic heterocycles. The predicted molar refractivity (Wildman–Crippen MR) is 82.1 cm³/mol. The SMILES string of the molecule is [2H]C([2H])([2H])c1cc(-c2ccc(C)cc2)ncc1[Si](C)(C)C. The zero-order valence-electron chi connectivity index (χ0n) is 14.4. The molecule has 0 aliphatic carbocycles. The molecule has 0 bridgehead atoms. The van der Waals surface area contributed by atoms with Gasteiger partial charge in [-0.05, 0) is 30.6 Å². The quantitative estimate of drug-likeness (QED) is 0.744. The Balaban J connectivity index is 2.60. The van der Waals surface area contributed by atoms with E-state index in [1.807, 2.05) is 31.2 Å². The molecule has 2 aromatic rings. The van der Waals surface area contributed by atoms with Crippen molar-refractivity contribution in [3.05, 3.63) is 47.7 Å². The summed E-state index contributed by atoms with van der Waals surface area (Å²) in [5.41, 5.74) is 3.30. The van der Waals surface area contributed by atoms with Gasteiger partial charge in [-0.25, -0.2) is 0 Å². The minimum Gasteiger partial charge on any atom is -0.256 e. The van der Waals surface area contributed by atoms with Crippen LogP contribution in [0.25, 0.3) is 11.3 Å². The van der Waals surface area contributed by atoms with Crippen molar-refractivity contribution >= 4 is 13.3 Å². The summed E-state index contributed by atoms with van der Waals surface area (Å²) in [4.78, 5) is 4.50. The lowest BCUT2D eigenvalue weighted by atomic mass is 10.1. The highest BCUT2D eigenvalue weighted by atomic mass is 28.3. The molecule has 2 rings (SSSR count). The number of aryl methyl sites for hydroxylation is 2. The van der Waals surface area contributed by atoms with Crippen molar-refractivity contribution in [3.8, 4) is 11.3 Å². The summed E-state index contributed by atoms with van der Waals surface area (Å²) in [6.45, 7) is 6.36. The number of pyridine rings is 1. The highest BCUT2D eigenvalue weighted by Gasteiger charge is 2.19. The van der Waals surface area contributed by atoms with Gasteiger partial charge in [0.1, 0.15) is 0 Å². The van der Waals surface area contributed by atoms with Gasteiger partial charge in [-0.1, -0.05) is 49.5 Å². The third-order valence-corrected chi connectivity index (χ3v) is 5.07. The van der Waals surface area contributed by atoms with Crippen molar-refractivity contribution in [1.82, 2.24) is 4.98 Å². The molecule has 0 amide bonds. The first-order valence-electron chi connectivity index (χ1n) is 7.67. The fraction of sp³-hybridized carbons (Fsp3) is 0.312. The van der Waals surface area contributed by atoms with Gasteiger partial charge in [-0.3, -0.25) is 4.98 Å². The highest BCUT2D eigenvalue weighted by molar-refractivity contribution is 6.89. The summed E-state index contributed by atoms with van der Waals surface area (Å²) in [5.74, 6) is 0. The molecule has 0 saturated heterocycles. The van der Waals surface area contributed by atoms with E-state index < -0.39 is 14.9 Å². The second-order valence-corrected chi connectivity index (χ2v) is 10.8. The van der Waals surface area contributed by atoms with Crippen LogP contribution in [0.5, 0.6) is 0 Å². The molecule has 0 atom stereocenters. The molecule has 1 aromatic heterocycles. The molecule has 18 heavy (non-hydrogen) atoms. The van der Waals surface area contributed by atoms with Gasteiger partial charge in [-0.2, -0.15) is 0 Å². The van der Waals surface area contributed by atoms with E-state index in [2.05, 4.69) is 24.6 Å². The van der Waals surface area contributed by atoms with Crippen LogP contribution in [0.3, 0.4) is 0 Å². The molecule has 0 saturated carbocycles. The molecule has 0 N–H and O–H groups in total. The van der Waals surface area contributed by atoms with E-state index in [1.54, 1.807) is 12.3 Å². The topological polar surface area (TPSA) is 12.9 Å². The van der Waals surface area contributed by atoms with Gasteiger partial charge in [0.05, 0.1) is 13.8 Å². The molecule has 0 spiro atoms. The van der Waals surface area contributed by atoms with Crippen molar-refractivity contribution < 1.29 is 4.11 Å². The number of aromatic nitrogens is 1. The molecule has 1 aromatic carbocycles. The number of nitrogens with zero attached hydrogens (tertiary/aromatic N) is 1. The molecule has 2 heteroatoms. The molecule has 94 valence electrons. The predicted octanol–water partition coefficient (Wildman–Crippen LogP) is 3.91. The first-order valence-corrected chi connectivity index (χ1v) is 9.67. The summed E-state index contributed by atoms with van der Waals surface area (Å²) >= 11 is 0. The Labute approximate surface area is 115 Å². The molecule has 1 nitrogen and oxygen atoms in total. The summed E-state index contributed by atoms with van der Waals surface area (Å²) in [6.07, 6.45) is 1.77. The maximum absolute atomic E-state index is 7.81. The van der Waals surface area contributed by atoms with E-state index in [4.69, 9.17) is 4.11 Å². The van der Waals surface area contributed by atoms with Crippen LogP contribution in [0.4, 0.5) is 0 Å². The Morgan fingerprint density at radius 2 is 1.78 bits per heavy atom. The van der Waals surface area contributed by atoms with Crippen LogP contribution < -0.4 is 5.19 Å². The van der Waals surface area contributed by atoms with Gasteiger partial charge >= 0.3 is 0 Å². The maximum atomic E-state index is 7.81. The minimum atomic E-state index is -2.10. The first kappa shape index (κ1) is 9.51. The largest absolute Gasteiger partial charge is 0.256 e. The monoisotopic (exact) mass is 258 g/mol. The molecule has 0 aliphatic rings. The molecular formula is C16H21NSi. The molecule has 1 heterocycles. The Morgan fingerprint density at radius 1 is 1.11 bits per heavy atom. The maximum Gasteiger partial charge on any atom is 0.0799 e. The second-order valence-electron chi connectivity index (χ2n) is 5.73. The van der Waals surface area contributed by atoms with Gasteiger partial charge in [0.15, 0.2) is 0 Å². The molecular weight excluding hydrogens is 234 g/mol. The van der Waals surface area contributed by atoms with E-state index >= 15 is 0 Å².